The number of hydrogen-bond donors (Lipinski definition) is 1. The number of hydrogen-bond acceptors (Lipinski definition) is 5. The van der Waals surface area contributed by atoms with Crippen molar-refractivity contribution in [3.8, 4) is 11.5 Å². The number of esters is 1. The molecule has 0 aliphatic carbocycles. The molecular formula is C26H22Br2NO5P. The van der Waals surface area contributed by atoms with Gasteiger partial charge in [-0.2, -0.15) is 5.09 Å². The first-order valence-corrected chi connectivity index (χ1v) is 13.9. The molecule has 0 fully saturated rings. The molecule has 4 aromatic rings. The molecule has 1 N–H and O–H groups in total. The van der Waals surface area contributed by atoms with Crippen LogP contribution in [0.5, 0.6) is 11.5 Å². The molecule has 9 heteroatoms. The molecule has 4 aromatic carbocycles. The fraction of sp³-hybridized carbons (Fsp3) is 0.115. The van der Waals surface area contributed by atoms with Crippen molar-refractivity contribution in [1.29, 1.82) is 0 Å². The van der Waals surface area contributed by atoms with Gasteiger partial charge < -0.3 is 13.8 Å². The molecule has 0 saturated heterocycles. The molecule has 0 bridgehead atoms. The molecule has 6 nitrogen and oxygen atoms in total. The first kappa shape index (κ1) is 25.5. The van der Waals surface area contributed by atoms with E-state index in [4.69, 9.17) is 13.8 Å². The molecule has 0 amide bonds. The van der Waals surface area contributed by atoms with Gasteiger partial charge >= 0.3 is 13.7 Å². The Bertz CT molecular complexity index is 1380. The lowest BCUT2D eigenvalue weighted by Crippen LogP contribution is -2.35. The molecule has 0 aliphatic heterocycles. The lowest BCUT2D eigenvalue weighted by atomic mass is 10.1. The maximum Gasteiger partial charge on any atom is 0.513 e. The van der Waals surface area contributed by atoms with Crippen molar-refractivity contribution in [3.05, 3.63) is 106 Å². The van der Waals surface area contributed by atoms with Crippen molar-refractivity contribution in [1.82, 2.24) is 5.09 Å². The number of ether oxygens (including phenoxy) is 1. The molecule has 0 aromatic heterocycles. The summed E-state index contributed by atoms with van der Waals surface area (Å²) < 4.78 is 32.6. The van der Waals surface area contributed by atoms with Crippen LogP contribution < -0.4 is 14.1 Å². The van der Waals surface area contributed by atoms with Crippen LogP contribution in [0.4, 0.5) is 0 Å². The zero-order valence-electron chi connectivity index (χ0n) is 18.7. The Morgan fingerprint density at radius 2 is 1.57 bits per heavy atom. The first-order valence-electron chi connectivity index (χ1n) is 10.7. The molecule has 0 spiro atoms. The fourth-order valence-electron chi connectivity index (χ4n) is 3.30. The molecule has 0 aliphatic rings. The zero-order chi connectivity index (χ0) is 24.8. The van der Waals surface area contributed by atoms with E-state index in [1.807, 2.05) is 60.7 Å². The monoisotopic (exact) mass is 617 g/mol. The Kier molecular flexibility index (Phi) is 8.29. The van der Waals surface area contributed by atoms with E-state index in [0.717, 1.165) is 20.8 Å². The second-order valence-corrected chi connectivity index (χ2v) is 11.1. The first-order chi connectivity index (χ1) is 16.8. The number of benzene rings is 4. The van der Waals surface area contributed by atoms with Gasteiger partial charge in [0.1, 0.15) is 24.1 Å². The highest BCUT2D eigenvalue weighted by molar-refractivity contribution is 9.11. The van der Waals surface area contributed by atoms with Crippen LogP contribution in [0.1, 0.15) is 12.5 Å². The Labute approximate surface area is 220 Å². The number of halogens is 2. The van der Waals surface area contributed by atoms with Gasteiger partial charge in [0.25, 0.3) is 0 Å². The summed E-state index contributed by atoms with van der Waals surface area (Å²) in [4.78, 5) is 12.7. The molecule has 2 atom stereocenters. The van der Waals surface area contributed by atoms with Crippen LogP contribution in [-0.2, 0) is 20.7 Å². The van der Waals surface area contributed by atoms with Crippen molar-refractivity contribution in [2.45, 2.75) is 19.6 Å². The zero-order valence-corrected chi connectivity index (χ0v) is 22.8. The number of carbonyl (C=O) groups is 1. The highest BCUT2D eigenvalue weighted by atomic mass is 79.9. The van der Waals surface area contributed by atoms with Gasteiger partial charge in [0.15, 0.2) is 0 Å². The smallest absolute Gasteiger partial charge is 0.460 e. The van der Waals surface area contributed by atoms with Crippen LogP contribution in [0.2, 0.25) is 0 Å². The van der Waals surface area contributed by atoms with Gasteiger partial charge in [0.05, 0.1) is 4.47 Å². The Morgan fingerprint density at radius 1 is 0.886 bits per heavy atom. The van der Waals surface area contributed by atoms with Crippen LogP contribution in [0.3, 0.4) is 0 Å². The lowest BCUT2D eigenvalue weighted by molar-refractivity contribution is -0.146. The van der Waals surface area contributed by atoms with E-state index in [-0.39, 0.29) is 12.4 Å². The largest absolute Gasteiger partial charge is 0.513 e. The topological polar surface area (TPSA) is 73.9 Å². The summed E-state index contributed by atoms with van der Waals surface area (Å²) in [5.74, 6) is 0.0558. The van der Waals surface area contributed by atoms with E-state index in [9.17, 15) is 9.36 Å². The van der Waals surface area contributed by atoms with Crippen molar-refractivity contribution < 1.29 is 23.1 Å². The SMILES string of the molecule is C[C@H](NP(=O)(Oc1ccc(Br)cc1Br)Oc1cccc2ccccc12)C(=O)OCc1ccccc1. The van der Waals surface area contributed by atoms with Crippen LogP contribution >= 0.6 is 39.6 Å². The lowest BCUT2D eigenvalue weighted by Gasteiger charge is -2.24. The highest BCUT2D eigenvalue weighted by Crippen LogP contribution is 2.48. The summed E-state index contributed by atoms with van der Waals surface area (Å²) in [6.45, 7) is 1.64. The van der Waals surface area contributed by atoms with E-state index < -0.39 is 19.8 Å². The summed E-state index contributed by atoms with van der Waals surface area (Å²) in [5, 5.41) is 4.41. The standard InChI is InChI=1S/C26H22Br2NO5P/c1-18(26(30)32-17-19-8-3-2-4-9-19)29-35(31,34-25-15-14-21(27)16-23(25)28)33-24-13-7-11-20-10-5-6-12-22(20)24/h2-16,18H,17H2,1H3,(H,29,31)/t18-,35?/m0/s1. The second kappa shape index (κ2) is 11.4. The Hall–Kier alpha value is -2.64. The van der Waals surface area contributed by atoms with Gasteiger partial charge in [-0.15, -0.1) is 0 Å². The van der Waals surface area contributed by atoms with Crippen molar-refractivity contribution in [2.75, 3.05) is 0 Å². The third kappa shape index (κ3) is 6.73. The number of nitrogens with one attached hydrogen (secondary N) is 1. The van der Waals surface area contributed by atoms with Crippen LogP contribution in [-0.4, -0.2) is 12.0 Å². The van der Waals surface area contributed by atoms with Gasteiger partial charge in [-0.05, 0) is 58.1 Å². The third-order valence-corrected chi connectivity index (χ3v) is 7.70. The van der Waals surface area contributed by atoms with Crippen LogP contribution in [0.25, 0.3) is 10.8 Å². The van der Waals surface area contributed by atoms with Gasteiger partial charge in [-0.3, -0.25) is 4.79 Å². The van der Waals surface area contributed by atoms with Gasteiger partial charge in [0, 0.05) is 9.86 Å². The summed E-state index contributed by atoms with van der Waals surface area (Å²) >= 11 is 6.81. The number of fused-ring (bicyclic) bond motifs is 1. The molecule has 0 heterocycles. The molecular weight excluding hydrogens is 597 g/mol. The maximum atomic E-state index is 14.0. The molecule has 35 heavy (non-hydrogen) atoms. The maximum absolute atomic E-state index is 14.0. The van der Waals surface area contributed by atoms with Crippen molar-refractivity contribution >= 4 is 56.3 Å². The van der Waals surface area contributed by atoms with E-state index in [1.54, 1.807) is 37.3 Å². The van der Waals surface area contributed by atoms with E-state index in [1.165, 1.54) is 0 Å². The molecule has 180 valence electrons. The summed E-state index contributed by atoms with van der Waals surface area (Å²) in [6.07, 6.45) is 0. The van der Waals surface area contributed by atoms with Gasteiger partial charge in [-0.1, -0.05) is 82.7 Å². The van der Waals surface area contributed by atoms with E-state index in [0.29, 0.717) is 10.2 Å². The van der Waals surface area contributed by atoms with Gasteiger partial charge in [0.2, 0.25) is 0 Å². The average Bonchev–Trinajstić information content (AvgIpc) is 2.85. The Balaban J connectivity index is 1.59. The molecule has 1 unspecified atom stereocenters. The molecule has 4 rings (SSSR count). The fourth-order valence-corrected chi connectivity index (χ4v) is 6.11. The van der Waals surface area contributed by atoms with Crippen LogP contribution in [0.15, 0.2) is 99.9 Å². The van der Waals surface area contributed by atoms with E-state index >= 15 is 0 Å². The quantitative estimate of drug-likeness (QED) is 0.153. The minimum Gasteiger partial charge on any atom is -0.460 e. The summed E-state index contributed by atoms with van der Waals surface area (Å²) in [5.41, 5.74) is 0.846. The number of carbonyl (C=O) groups excluding carboxylic acids is 1. The third-order valence-electron chi connectivity index (χ3n) is 5.01. The van der Waals surface area contributed by atoms with Crippen molar-refractivity contribution in [3.63, 3.8) is 0 Å². The summed E-state index contributed by atoms with van der Waals surface area (Å²) in [6, 6.07) is 26.5. The predicted octanol–water partition coefficient (Wildman–Crippen LogP) is 7.65. The second-order valence-electron chi connectivity index (χ2n) is 7.68. The van der Waals surface area contributed by atoms with Crippen LogP contribution in [0, 0.1) is 0 Å². The highest BCUT2D eigenvalue weighted by Gasteiger charge is 2.35. The minimum atomic E-state index is -4.11. The van der Waals surface area contributed by atoms with E-state index in [2.05, 4.69) is 36.9 Å². The predicted molar refractivity (Wildman–Crippen MR) is 143 cm³/mol. The minimum absolute atomic E-state index is 0.0965. The number of rotatable bonds is 9. The van der Waals surface area contributed by atoms with Gasteiger partial charge in [-0.25, -0.2) is 4.57 Å². The normalized spacial score (nSPS) is 13.6. The molecule has 0 radical (unpaired) electrons. The summed E-state index contributed by atoms with van der Waals surface area (Å²) in [7, 11) is -4.11. The Morgan fingerprint density at radius 3 is 2.34 bits per heavy atom. The van der Waals surface area contributed by atoms with Crippen molar-refractivity contribution in [2.24, 2.45) is 0 Å². The average molecular weight is 619 g/mol. The molecule has 0 saturated carbocycles.